The monoisotopic (exact) mass is 453 g/mol. The summed E-state index contributed by atoms with van der Waals surface area (Å²) < 4.78 is 5.59. The number of para-hydroxylation sites is 1. The third kappa shape index (κ3) is 4.93. The molecule has 5 heteroatoms. The molecular formula is C29H31N3O2. The minimum Gasteiger partial charge on any atom is -0.464 e. The quantitative estimate of drug-likeness (QED) is 0.494. The summed E-state index contributed by atoms with van der Waals surface area (Å²) in [4.78, 5) is 15.5. The first-order chi connectivity index (χ1) is 16.6. The zero-order valence-corrected chi connectivity index (χ0v) is 19.6. The van der Waals surface area contributed by atoms with Crippen molar-refractivity contribution in [1.82, 2.24) is 10.2 Å². The Morgan fingerprint density at radius 3 is 2.88 bits per heavy atom. The minimum absolute atomic E-state index is 0.0292. The summed E-state index contributed by atoms with van der Waals surface area (Å²) in [5.41, 5.74) is 4.96. The number of rotatable bonds is 6. The van der Waals surface area contributed by atoms with Crippen LogP contribution in [0.4, 0.5) is 0 Å². The molecule has 2 heterocycles. The average molecular weight is 454 g/mol. The van der Waals surface area contributed by atoms with Crippen LogP contribution in [-0.2, 0) is 17.8 Å². The normalized spacial score (nSPS) is 18.0. The second-order valence-electron chi connectivity index (χ2n) is 9.72. The van der Waals surface area contributed by atoms with Crippen LogP contribution in [0.15, 0.2) is 59.2 Å². The third-order valence-electron chi connectivity index (χ3n) is 7.46. The number of hydrogen-bond acceptors (Lipinski definition) is 4. The van der Waals surface area contributed by atoms with Gasteiger partial charge in [0.1, 0.15) is 5.58 Å². The highest BCUT2D eigenvalue weighted by Crippen LogP contribution is 2.32. The molecule has 0 spiro atoms. The molecule has 5 rings (SSSR count). The second-order valence-corrected chi connectivity index (χ2v) is 9.72. The van der Waals surface area contributed by atoms with Crippen LogP contribution in [-0.4, -0.2) is 29.4 Å². The Morgan fingerprint density at radius 1 is 1.15 bits per heavy atom. The molecule has 1 aromatic heterocycles. The van der Waals surface area contributed by atoms with E-state index in [0.29, 0.717) is 0 Å². The Balaban J connectivity index is 1.23. The van der Waals surface area contributed by atoms with Gasteiger partial charge in [-0.15, -0.1) is 0 Å². The van der Waals surface area contributed by atoms with Crippen molar-refractivity contribution in [3.63, 3.8) is 0 Å². The number of carbonyl (C=O) groups is 1. The predicted octanol–water partition coefficient (Wildman–Crippen LogP) is 5.59. The van der Waals surface area contributed by atoms with Crippen LogP contribution in [0.2, 0.25) is 0 Å². The predicted molar refractivity (Wildman–Crippen MR) is 134 cm³/mol. The number of carbonyl (C=O) groups excluding carboxylic acids is 1. The van der Waals surface area contributed by atoms with Gasteiger partial charge in [-0.3, -0.25) is 9.69 Å². The first kappa shape index (κ1) is 22.4. The summed E-state index contributed by atoms with van der Waals surface area (Å²) in [5.74, 6) is -0.0292. The van der Waals surface area contributed by atoms with Gasteiger partial charge in [-0.25, -0.2) is 0 Å². The lowest BCUT2D eigenvalue weighted by Gasteiger charge is -2.40. The number of furan rings is 1. The highest BCUT2D eigenvalue weighted by atomic mass is 16.3. The van der Waals surface area contributed by atoms with Gasteiger partial charge in [0.05, 0.1) is 17.9 Å². The Hall–Kier alpha value is -3.36. The molecule has 0 atom stereocenters. The zero-order valence-electron chi connectivity index (χ0n) is 19.6. The molecular weight excluding hydrogens is 422 g/mol. The molecule has 5 nitrogen and oxygen atoms in total. The fourth-order valence-electron chi connectivity index (χ4n) is 5.53. The van der Waals surface area contributed by atoms with Gasteiger partial charge in [-0.05, 0) is 61.1 Å². The smallest absolute Gasteiger partial charge is 0.244 e. The van der Waals surface area contributed by atoms with Crippen molar-refractivity contribution in [1.29, 1.82) is 5.26 Å². The first-order valence-corrected chi connectivity index (χ1v) is 12.3. The zero-order chi connectivity index (χ0) is 23.4. The van der Waals surface area contributed by atoms with E-state index in [-0.39, 0.29) is 11.4 Å². The van der Waals surface area contributed by atoms with E-state index in [0.717, 1.165) is 80.3 Å². The SMILES string of the molecule is N#Cc1ccc2c(c1)CCN(CCC1(NC(=O)/C=C/c3cccc4ccoc34)CCCCC1)C2. The summed E-state index contributed by atoms with van der Waals surface area (Å²) in [7, 11) is 0. The Kier molecular flexibility index (Phi) is 6.51. The van der Waals surface area contributed by atoms with Crippen LogP contribution >= 0.6 is 0 Å². The van der Waals surface area contributed by atoms with Crippen LogP contribution in [0.25, 0.3) is 17.0 Å². The van der Waals surface area contributed by atoms with Crippen LogP contribution in [0.1, 0.15) is 60.8 Å². The lowest BCUT2D eigenvalue weighted by molar-refractivity contribution is -0.118. The maximum absolute atomic E-state index is 13.0. The van der Waals surface area contributed by atoms with E-state index in [1.165, 1.54) is 17.5 Å². The summed E-state index contributed by atoms with van der Waals surface area (Å²) in [6, 6.07) is 16.2. The van der Waals surface area contributed by atoms with Crippen molar-refractivity contribution in [3.8, 4) is 6.07 Å². The Labute approximate surface area is 201 Å². The van der Waals surface area contributed by atoms with E-state index in [1.54, 1.807) is 12.3 Å². The number of hydrogen-bond donors (Lipinski definition) is 1. The molecule has 34 heavy (non-hydrogen) atoms. The van der Waals surface area contributed by atoms with Gasteiger partial charge >= 0.3 is 0 Å². The molecule has 1 fully saturated rings. The van der Waals surface area contributed by atoms with Crippen LogP contribution in [0, 0.1) is 11.3 Å². The number of amides is 1. The van der Waals surface area contributed by atoms with Gasteiger partial charge in [0.2, 0.25) is 5.91 Å². The number of nitriles is 1. The third-order valence-corrected chi connectivity index (χ3v) is 7.46. The van der Waals surface area contributed by atoms with Crippen LogP contribution < -0.4 is 5.32 Å². The number of benzene rings is 2. The molecule has 3 aromatic rings. The molecule has 2 aliphatic rings. The van der Waals surface area contributed by atoms with Crippen molar-refractivity contribution in [2.45, 2.75) is 57.0 Å². The van der Waals surface area contributed by atoms with Crippen LogP contribution in [0.5, 0.6) is 0 Å². The van der Waals surface area contributed by atoms with Crippen molar-refractivity contribution >= 4 is 23.0 Å². The van der Waals surface area contributed by atoms with E-state index in [9.17, 15) is 4.79 Å². The summed E-state index contributed by atoms with van der Waals surface area (Å²) in [6.45, 7) is 2.88. The van der Waals surface area contributed by atoms with Gasteiger partial charge in [0.15, 0.2) is 0 Å². The number of nitrogens with one attached hydrogen (secondary N) is 1. The molecule has 0 radical (unpaired) electrons. The summed E-state index contributed by atoms with van der Waals surface area (Å²) in [5, 5.41) is 13.6. The minimum atomic E-state index is -0.138. The van der Waals surface area contributed by atoms with Crippen molar-refractivity contribution in [3.05, 3.63) is 77.1 Å². The van der Waals surface area contributed by atoms with Crippen LogP contribution in [0.3, 0.4) is 0 Å². The molecule has 1 saturated carbocycles. The van der Waals surface area contributed by atoms with Crippen molar-refractivity contribution in [2.75, 3.05) is 13.1 Å². The first-order valence-electron chi connectivity index (χ1n) is 12.3. The molecule has 2 aromatic carbocycles. The summed E-state index contributed by atoms with van der Waals surface area (Å²) in [6.07, 6.45) is 12.8. The molecule has 174 valence electrons. The molecule has 0 unspecified atom stereocenters. The van der Waals surface area contributed by atoms with Crippen molar-refractivity contribution < 1.29 is 9.21 Å². The molecule has 0 saturated heterocycles. The average Bonchev–Trinajstić information content (AvgIpc) is 3.36. The van der Waals surface area contributed by atoms with Crippen molar-refractivity contribution in [2.24, 2.45) is 0 Å². The van der Waals surface area contributed by atoms with Gasteiger partial charge < -0.3 is 9.73 Å². The Bertz CT molecular complexity index is 1240. The van der Waals surface area contributed by atoms with E-state index in [1.807, 2.05) is 42.5 Å². The molecule has 1 N–H and O–H groups in total. The van der Waals surface area contributed by atoms with Gasteiger partial charge in [-0.2, -0.15) is 5.26 Å². The standard InChI is InChI=1S/C29H31N3O2/c30-20-22-7-8-26-21-32(16-11-25(26)19-22)17-15-29(13-2-1-3-14-29)31-27(33)10-9-23-5-4-6-24-12-18-34-28(23)24/h4-10,12,18-19H,1-3,11,13-17,21H2,(H,31,33)/b10-9+. The van der Waals surface area contributed by atoms with E-state index < -0.39 is 0 Å². The highest BCUT2D eigenvalue weighted by Gasteiger charge is 2.33. The molecule has 1 aliphatic carbocycles. The second kappa shape index (κ2) is 9.87. The Morgan fingerprint density at radius 2 is 2.03 bits per heavy atom. The number of fused-ring (bicyclic) bond motifs is 2. The highest BCUT2D eigenvalue weighted by molar-refractivity contribution is 5.95. The lowest BCUT2D eigenvalue weighted by Crippen LogP contribution is -2.51. The molecule has 1 amide bonds. The van der Waals surface area contributed by atoms with Gasteiger partial charge in [0, 0.05) is 42.2 Å². The fraction of sp³-hybridized carbons (Fsp3) is 0.379. The maximum Gasteiger partial charge on any atom is 0.244 e. The van der Waals surface area contributed by atoms with Gasteiger partial charge in [0.25, 0.3) is 0 Å². The summed E-state index contributed by atoms with van der Waals surface area (Å²) >= 11 is 0. The van der Waals surface area contributed by atoms with E-state index in [2.05, 4.69) is 22.4 Å². The van der Waals surface area contributed by atoms with Gasteiger partial charge in [-0.1, -0.05) is 43.5 Å². The topological polar surface area (TPSA) is 69.3 Å². The van der Waals surface area contributed by atoms with E-state index >= 15 is 0 Å². The fourth-order valence-corrected chi connectivity index (χ4v) is 5.53. The maximum atomic E-state index is 13.0. The van der Waals surface area contributed by atoms with E-state index in [4.69, 9.17) is 9.68 Å². The largest absolute Gasteiger partial charge is 0.464 e. The number of nitrogens with zero attached hydrogens (tertiary/aromatic N) is 2. The molecule has 1 aliphatic heterocycles. The molecule has 0 bridgehead atoms. The lowest BCUT2D eigenvalue weighted by atomic mass is 9.79.